The normalized spacial score (nSPS) is 12.2. The molecular weight excluding hydrogens is 454 g/mol. The van der Waals surface area contributed by atoms with Crippen LogP contribution in [0.1, 0.15) is 26.3 Å². The van der Waals surface area contributed by atoms with E-state index in [0.717, 1.165) is 0 Å². The largest absolute Gasteiger partial charge is 0.743 e. The molecule has 0 aliphatic rings. The van der Waals surface area contributed by atoms with Crippen molar-refractivity contribution in [2.45, 2.75) is 46.1 Å². The van der Waals surface area contributed by atoms with Crippen molar-refractivity contribution in [3.05, 3.63) is 90.5 Å². The third-order valence-electron chi connectivity index (χ3n) is 4.46. The molecule has 32 heavy (non-hydrogen) atoms. The average Bonchev–Trinajstić information content (AvgIpc) is 2.75. The van der Waals surface area contributed by atoms with E-state index in [4.69, 9.17) is 5.11 Å². The number of benzene rings is 3. The van der Waals surface area contributed by atoms with Gasteiger partial charge in [0.2, 0.25) is 0 Å². The van der Waals surface area contributed by atoms with Gasteiger partial charge in [-0.15, -0.1) is 0 Å². The van der Waals surface area contributed by atoms with Crippen LogP contribution in [0.4, 0.5) is 8.78 Å². The molecule has 0 aliphatic heterocycles. The van der Waals surface area contributed by atoms with E-state index in [1.54, 1.807) is 0 Å². The number of hydrogen-bond acceptors (Lipinski definition) is 4. The maximum atomic E-state index is 11.5. The summed E-state index contributed by atoms with van der Waals surface area (Å²) in [5.41, 5.74) is 1.57. The third kappa shape index (κ3) is 6.87. The van der Waals surface area contributed by atoms with E-state index in [0.29, 0.717) is 0 Å². The summed E-state index contributed by atoms with van der Waals surface area (Å²) in [6, 6.07) is 30.7. The Bertz CT molecular complexity index is 1040. The zero-order valence-electron chi connectivity index (χ0n) is 18.0. The van der Waals surface area contributed by atoms with Crippen LogP contribution in [-0.4, -0.2) is 29.9 Å². The molecule has 0 heterocycles. The predicted octanol–water partition coefficient (Wildman–Crippen LogP) is 5.20. The van der Waals surface area contributed by atoms with Gasteiger partial charge in [-0.05, 0) is 47.4 Å². The van der Waals surface area contributed by atoms with Gasteiger partial charge in [0.25, 0.3) is 0 Å². The summed E-state index contributed by atoms with van der Waals surface area (Å²) < 4.78 is 51.3. The SMILES string of the molecule is CC(C)(C)c1ccc([S+](c2ccccc2)c2ccccc2)cc1.O=S(=O)([O-])C(F)(F)CO. The summed E-state index contributed by atoms with van der Waals surface area (Å²) in [5, 5.41) is 3.05. The molecule has 3 rings (SSSR count). The minimum atomic E-state index is -5.69. The molecular formula is C24H26F2O4S2. The monoisotopic (exact) mass is 480 g/mol. The fourth-order valence-corrected chi connectivity index (χ4v) is 4.93. The number of rotatable bonds is 5. The number of halogens is 2. The van der Waals surface area contributed by atoms with Crippen LogP contribution >= 0.6 is 0 Å². The Balaban J connectivity index is 0.000000344. The lowest BCUT2D eigenvalue weighted by Crippen LogP contribution is -2.32. The number of aliphatic hydroxyl groups excluding tert-OH is 1. The highest BCUT2D eigenvalue weighted by molar-refractivity contribution is 7.97. The second kappa shape index (κ2) is 10.6. The van der Waals surface area contributed by atoms with Crippen LogP contribution in [0.3, 0.4) is 0 Å². The average molecular weight is 481 g/mol. The Morgan fingerprint density at radius 1 is 0.781 bits per heavy atom. The van der Waals surface area contributed by atoms with E-state index in [1.807, 2.05) is 0 Å². The minimum absolute atomic E-state index is 0.0497. The van der Waals surface area contributed by atoms with Crippen LogP contribution in [0, 0.1) is 0 Å². The van der Waals surface area contributed by atoms with Gasteiger partial charge in [0, 0.05) is 0 Å². The Labute approximate surface area is 191 Å². The molecule has 0 aliphatic carbocycles. The van der Waals surface area contributed by atoms with Crippen molar-refractivity contribution in [3.8, 4) is 0 Å². The van der Waals surface area contributed by atoms with Crippen molar-refractivity contribution in [2.24, 2.45) is 0 Å². The summed E-state index contributed by atoms with van der Waals surface area (Å²) in [6.07, 6.45) is 0. The zero-order chi connectivity index (χ0) is 24.0. The minimum Gasteiger partial charge on any atom is -0.743 e. The standard InChI is InChI=1S/C22H23S.C2H4F2O4S/c1-22(2,3)18-14-16-21(17-15-18)23(19-10-6-4-7-11-19)20-12-8-5-9-13-20;3-2(4,1-5)9(6,7)8/h4-17H,1-3H3;5H,1H2,(H,6,7,8)/q+1;/p-1. The first-order valence-electron chi connectivity index (χ1n) is 9.76. The summed E-state index contributed by atoms with van der Waals surface area (Å²) in [4.78, 5) is 4.10. The van der Waals surface area contributed by atoms with Crippen LogP contribution in [-0.2, 0) is 26.4 Å². The maximum absolute atomic E-state index is 11.5. The van der Waals surface area contributed by atoms with Crippen LogP contribution in [0.25, 0.3) is 0 Å². The quantitative estimate of drug-likeness (QED) is 0.402. The topological polar surface area (TPSA) is 77.4 Å². The lowest BCUT2D eigenvalue weighted by atomic mass is 9.87. The van der Waals surface area contributed by atoms with Gasteiger partial charge in [0.1, 0.15) is 6.61 Å². The van der Waals surface area contributed by atoms with E-state index in [2.05, 4.69) is 106 Å². The molecule has 0 radical (unpaired) electrons. The van der Waals surface area contributed by atoms with Crippen LogP contribution in [0.15, 0.2) is 99.6 Å². The molecule has 3 aromatic rings. The van der Waals surface area contributed by atoms with Crippen LogP contribution < -0.4 is 0 Å². The highest BCUT2D eigenvalue weighted by atomic mass is 32.2. The molecule has 0 aromatic heterocycles. The fourth-order valence-electron chi connectivity index (χ4n) is 2.69. The molecule has 0 fully saturated rings. The molecule has 8 heteroatoms. The fraction of sp³-hybridized carbons (Fsp3) is 0.250. The Morgan fingerprint density at radius 2 is 1.16 bits per heavy atom. The third-order valence-corrected chi connectivity index (χ3v) is 7.56. The first kappa shape index (κ1) is 26.0. The molecule has 0 amide bonds. The van der Waals surface area contributed by atoms with E-state index in [9.17, 15) is 21.8 Å². The highest BCUT2D eigenvalue weighted by Crippen LogP contribution is 2.32. The molecule has 0 atom stereocenters. The maximum Gasteiger partial charge on any atom is 0.356 e. The second-order valence-electron chi connectivity index (χ2n) is 7.96. The Hall–Kier alpha value is -2.26. The molecule has 3 aromatic carbocycles. The van der Waals surface area contributed by atoms with Gasteiger partial charge in [-0.3, -0.25) is 0 Å². The Kier molecular flexibility index (Phi) is 8.59. The molecule has 1 N–H and O–H groups in total. The van der Waals surface area contributed by atoms with E-state index in [1.165, 1.54) is 20.2 Å². The van der Waals surface area contributed by atoms with Crippen molar-refractivity contribution < 1.29 is 26.9 Å². The lowest BCUT2D eigenvalue weighted by Gasteiger charge is -2.19. The number of aliphatic hydroxyl groups is 1. The first-order valence-corrected chi connectivity index (χ1v) is 12.4. The van der Waals surface area contributed by atoms with Gasteiger partial charge < -0.3 is 9.66 Å². The van der Waals surface area contributed by atoms with Crippen molar-refractivity contribution in [1.29, 1.82) is 0 Å². The molecule has 172 valence electrons. The van der Waals surface area contributed by atoms with Gasteiger partial charge in [-0.2, -0.15) is 8.78 Å². The van der Waals surface area contributed by atoms with Gasteiger partial charge in [-0.1, -0.05) is 69.3 Å². The second-order valence-corrected chi connectivity index (χ2v) is 11.5. The van der Waals surface area contributed by atoms with E-state index in [-0.39, 0.29) is 16.3 Å². The van der Waals surface area contributed by atoms with Gasteiger partial charge in [0.15, 0.2) is 24.8 Å². The van der Waals surface area contributed by atoms with Crippen LogP contribution in [0.5, 0.6) is 0 Å². The van der Waals surface area contributed by atoms with Crippen molar-refractivity contribution in [2.75, 3.05) is 6.61 Å². The van der Waals surface area contributed by atoms with Gasteiger partial charge >= 0.3 is 5.25 Å². The van der Waals surface area contributed by atoms with E-state index < -0.39 is 22.0 Å². The summed E-state index contributed by atoms with van der Waals surface area (Å²) in [6.45, 7) is 4.81. The van der Waals surface area contributed by atoms with Gasteiger partial charge in [0.05, 0.1) is 10.9 Å². The number of hydrogen-bond donors (Lipinski definition) is 1. The molecule has 0 saturated carbocycles. The van der Waals surface area contributed by atoms with E-state index >= 15 is 0 Å². The summed E-state index contributed by atoms with van der Waals surface area (Å²) >= 11 is 0. The van der Waals surface area contributed by atoms with Crippen molar-refractivity contribution in [1.82, 2.24) is 0 Å². The highest BCUT2D eigenvalue weighted by Gasteiger charge is 2.36. The van der Waals surface area contributed by atoms with Gasteiger partial charge in [-0.25, -0.2) is 8.42 Å². The zero-order valence-corrected chi connectivity index (χ0v) is 19.7. The molecule has 0 saturated heterocycles. The molecule has 0 spiro atoms. The molecule has 0 bridgehead atoms. The summed E-state index contributed by atoms with van der Waals surface area (Å²) in [7, 11) is -5.74. The lowest BCUT2D eigenvalue weighted by molar-refractivity contribution is 0.0179. The van der Waals surface area contributed by atoms with Crippen LogP contribution in [0.2, 0.25) is 0 Å². The van der Waals surface area contributed by atoms with Crippen molar-refractivity contribution >= 4 is 21.0 Å². The smallest absolute Gasteiger partial charge is 0.356 e. The molecule has 4 nitrogen and oxygen atoms in total. The number of alkyl halides is 2. The predicted molar refractivity (Wildman–Crippen MR) is 122 cm³/mol. The first-order chi connectivity index (χ1) is 14.9. The molecule has 0 unspecified atom stereocenters. The summed E-state index contributed by atoms with van der Waals surface area (Å²) in [5.74, 6) is 0. The van der Waals surface area contributed by atoms with Crippen molar-refractivity contribution in [3.63, 3.8) is 0 Å². The Morgan fingerprint density at radius 3 is 1.44 bits per heavy atom.